The number of anilines is 2. The largest absolute Gasteiger partial charge is 0.339 e. The third-order valence-corrected chi connectivity index (χ3v) is 6.38. The third-order valence-electron chi connectivity index (χ3n) is 4.31. The molecule has 0 bridgehead atoms. The minimum Gasteiger partial charge on any atom is -0.339 e. The fraction of sp³-hybridized carbons (Fsp3) is 0.0952. The van der Waals surface area contributed by atoms with E-state index in [1.807, 2.05) is 16.8 Å². The predicted octanol–water partition coefficient (Wildman–Crippen LogP) is 4.17. The Morgan fingerprint density at radius 3 is 2.48 bits per heavy atom. The van der Waals surface area contributed by atoms with E-state index in [9.17, 15) is 13.2 Å². The van der Waals surface area contributed by atoms with Crippen LogP contribution in [-0.4, -0.2) is 24.5 Å². The van der Waals surface area contributed by atoms with Gasteiger partial charge in [0.2, 0.25) is 17.6 Å². The summed E-state index contributed by atoms with van der Waals surface area (Å²) in [6.07, 6.45) is 0.367. The first-order valence-corrected chi connectivity index (χ1v) is 11.8. The second-order valence-corrected chi connectivity index (χ2v) is 9.00. The first kappa shape index (κ1) is 20.8. The molecule has 4 rings (SSSR count). The van der Waals surface area contributed by atoms with Gasteiger partial charge in [0.05, 0.1) is 16.3 Å². The van der Waals surface area contributed by atoms with Gasteiger partial charge in [-0.25, -0.2) is 8.42 Å². The van der Waals surface area contributed by atoms with E-state index in [1.54, 1.807) is 42.5 Å². The molecule has 0 saturated heterocycles. The number of aryl methyl sites for hydroxylation is 1. The average Bonchev–Trinajstić information content (AvgIpc) is 3.46. The predicted molar refractivity (Wildman–Crippen MR) is 118 cm³/mol. The second kappa shape index (κ2) is 9.11. The minimum absolute atomic E-state index is 0.102. The molecule has 2 N–H and O–H groups in total. The first-order chi connectivity index (χ1) is 15.0. The fourth-order valence-electron chi connectivity index (χ4n) is 2.78. The van der Waals surface area contributed by atoms with Crippen LogP contribution in [0.1, 0.15) is 12.3 Å². The number of amides is 1. The summed E-state index contributed by atoms with van der Waals surface area (Å²) in [6, 6.07) is 16.5. The van der Waals surface area contributed by atoms with Crippen molar-refractivity contribution in [3.8, 4) is 11.4 Å². The lowest BCUT2D eigenvalue weighted by Gasteiger charge is -2.13. The number of carbonyl (C=O) groups is 1. The average molecular weight is 455 g/mol. The van der Waals surface area contributed by atoms with Gasteiger partial charge in [-0.2, -0.15) is 16.3 Å². The lowest BCUT2D eigenvalue weighted by molar-refractivity contribution is -0.116. The summed E-state index contributed by atoms with van der Waals surface area (Å²) in [5.74, 6) is 0.536. The summed E-state index contributed by atoms with van der Waals surface area (Å²) in [5, 5.41) is 10.5. The Morgan fingerprint density at radius 2 is 1.74 bits per heavy atom. The number of hydrogen-bond acceptors (Lipinski definition) is 7. The van der Waals surface area contributed by atoms with Gasteiger partial charge in [0.1, 0.15) is 0 Å². The number of thiophene rings is 1. The van der Waals surface area contributed by atoms with Crippen molar-refractivity contribution >= 4 is 38.6 Å². The Morgan fingerprint density at radius 1 is 1.00 bits per heavy atom. The molecule has 1 amide bonds. The number of nitrogens with zero attached hydrogens (tertiary/aromatic N) is 2. The third kappa shape index (κ3) is 5.16. The van der Waals surface area contributed by atoms with Crippen LogP contribution in [0.5, 0.6) is 0 Å². The lowest BCUT2D eigenvalue weighted by atomic mass is 10.2. The number of hydrogen-bond donors (Lipinski definition) is 2. The zero-order chi connectivity index (χ0) is 21.7. The van der Waals surface area contributed by atoms with Crippen molar-refractivity contribution in [3.05, 3.63) is 77.3 Å². The quantitative estimate of drug-likeness (QED) is 0.413. The monoisotopic (exact) mass is 454 g/mol. The van der Waals surface area contributed by atoms with Crippen molar-refractivity contribution in [1.82, 2.24) is 10.1 Å². The zero-order valence-electron chi connectivity index (χ0n) is 16.2. The highest BCUT2D eigenvalue weighted by molar-refractivity contribution is 7.92. The van der Waals surface area contributed by atoms with Crippen molar-refractivity contribution in [3.63, 3.8) is 0 Å². The summed E-state index contributed by atoms with van der Waals surface area (Å²) < 4.78 is 32.9. The first-order valence-electron chi connectivity index (χ1n) is 9.33. The van der Waals surface area contributed by atoms with Crippen LogP contribution in [0.2, 0.25) is 0 Å². The summed E-state index contributed by atoms with van der Waals surface area (Å²) in [5.41, 5.74) is 1.50. The SMILES string of the molecule is O=C(CCc1nc(-c2ccsc2)no1)Nc1ccccc1NS(=O)(=O)c1ccccc1. The number of sulfonamides is 1. The molecule has 2 aromatic carbocycles. The molecule has 10 heteroatoms. The van der Waals surface area contributed by atoms with Gasteiger partial charge in [-0.05, 0) is 35.7 Å². The molecule has 4 aromatic rings. The molecule has 0 aliphatic rings. The maximum atomic E-state index is 12.6. The van der Waals surface area contributed by atoms with Crippen LogP contribution >= 0.6 is 11.3 Å². The molecular formula is C21H18N4O4S2. The van der Waals surface area contributed by atoms with Crippen molar-refractivity contribution in [2.75, 3.05) is 10.0 Å². The lowest BCUT2D eigenvalue weighted by Crippen LogP contribution is -2.17. The topological polar surface area (TPSA) is 114 Å². The van der Waals surface area contributed by atoms with E-state index in [-0.39, 0.29) is 29.3 Å². The van der Waals surface area contributed by atoms with Crippen LogP contribution in [-0.2, 0) is 21.2 Å². The van der Waals surface area contributed by atoms with Crippen LogP contribution in [0, 0.1) is 0 Å². The smallest absolute Gasteiger partial charge is 0.261 e. The van der Waals surface area contributed by atoms with E-state index in [1.165, 1.54) is 23.5 Å². The van der Waals surface area contributed by atoms with Gasteiger partial charge in [0, 0.05) is 23.8 Å². The van der Waals surface area contributed by atoms with Crippen LogP contribution in [0.4, 0.5) is 11.4 Å². The molecule has 0 unspecified atom stereocenters. The Hall–Kier alpha value is -3.50. The van der Waals surface area contributed by atoms with E-state index >= 15 is 0 Å². The maximum Gasteiger partial charge on any atom is 0.261 e. The number of carbonyl (C=O) groups excluding carboxylic acids is 1. The Labute approximate surface area is 183 Å². The van der Waals surface area contributed by atoms with E-state index in [2.05, 4.69) is 20.2 Å². The Bertz CT molecular complexity index is 1270. The molecule has 0 radical (unpaired) electrons. The number of para-hydroxylation sites is 2. The molecule has 2 aromatic heterocycles. The molecule has 0 aliphatic carbocycles. The number of nitrogens with one attached hydrogen (secondary N) is 2. The van der Waals surface area contributed by atoms with Gasteiger partial charge in [-0.1, -0.05) is 35.5 Å². The molecule has 2 heterocycles. The normalized spacial score (nSPS) is 11.2. The number of aromatic nitrogens is 2. The Balaban J connectivity index is 1.40. The highest BCUT2D eigenvalue weighted by Gasteiger charge is 2.17. The Kier molecular flexibility index (Phi) is 6.10. The van der Waals surface area contributed by atoms with Crippen molar-refractivity contribution in [1.29, 1.82) is 0 Å². The van der Waals surface area contributed by atoms with Crippen molar-refractivity contribution < 1.29 is 17.7 Å². The van der Waals surface area contributed by atoms with Gasteiger partial charge >= 0.3 is 0 Å². The van der Waals surface area contributed by atoms with Gasteiger partial charge in [0.15, 0.2) is 0 Å². The van der Waals surface area contributed by atoms with E-state index in [4.69, 9.17) is 4.52 Å². The summed E-state index contributed by atoms with van der Waals surface area (Å²) in [4.78, 5) is 16.9. The molecule has 0 aliphatic heterocycles. The van der Waals surface area contributed by atoms with Crippen LogP contribution in [0.3, 0.4) is 0 Å². The molecule has 0 spiro atoms. The van der Waals surface area contributed by atoms with Crippen molar-refractivity contribution in [2.45, 2.75) is 17.7 Å². The maximum absolute atomic E-state index is 12.6. The highest BCUT2D eigenvalue weighted by Crippen LogP contribution is 2.25. The summed E-state index contributed by atoms with van der Waals surface area (Å²) >= 11 is 1.53. The molecule has 0 saturated carbocycles. The van der Waals surface area contributed by atoms with E-state index < -0.39 is 10.0 Å². The van der Waals surface area contributed by atoms with Gasteiger partial charge < -0.3 is 9.84 Å². The van der Waals surface area contributed by atoms with Gasteiger partial charge in [-0.15, -0.1) is 0 Å². The standard InChI is InChI=1S/C21H18N4O4S2/c26-19(10-11-20-23-21(24-29-20)15-12-13-30-14-15)22-17-8-4-5-9-18(17)25-31(27,28)16-6-2-1-3-7-16/h1-9,12-14,25H,10-11H2,(H,22,26). The van der Waals surface area contributed by atoms with E-state index in [0.29, 0.717) is 17.4 Å². The van der Waals surface area contributed by atoms with Crippen LogP contribution < -0.4 is 10.0 Å². The zero-order valence-corrected chi connectivity index (χ0v) is 17.8. The molecule has 0 atom stereocenters. The van der Waals surface area contributed by atoms with Crippen LogP contribution in [0.15, 0.2) is 80.8 Å². The number of benzene rings is 2. The van der Waals surface area contributed by atoms with Gasteiger partial charge in [0.25, 0.3) is 10.0 Å². The fourth-order valence-corrected chi connectivity index (χ4v) is 4.52. The molecule has 158 valence electrons. The molecular weight excluding hydrogens is 436 g/mol. The minimum atomic E-state index is -3.78. The molecule has 8 nitrogen and oxygen atoms in total. The number of rotatable bonds is 8. The van der Waals surface area contributed by atoms with E-state index in [0.717, 1.165) is 5.56 Å². The summed E-state index contributed by atoms with van der Waals surface area (Å²) in [6.45, 7) is 0. The summed E-state index contributed by atoms with van der Waals surface area (Å²) in [7, 11) is -3.78. The second-order valence-electron chi connectivity index (χ2n) is 6.54. The van der Waals surface area contributed by atoms with Crippen molar-refractivity contribution in [2.24, 2.45) is 0 Å². The molecule has 0 fully saturated rings. The highest BCUT2D eigenvalue weighted by atomic mass is 32.2. The molecule has 31 heavy (non-hydrogen) atoms. The van der Waals surface area contributed by atoms with Crippen LogP contribution in [0.25, 0.3) is 11.4 Å². The van der Waals surface area contributed by atoms with Gasteiger partial charge in [-0.3, -0.25) is 9.52 Å².